The maximum atomic E-state index is 11.0. The monoisotopic (exact) mass is 295 g/mol. The van der Waals surface area contributed by atoms with E-state index >= 15 is 0 Å². The van der Waals surface area contributed by atoms with E-state index in [4.69, 9.17) is 34.8 Å². The van der Waals surface area contributed by atoms with Crippen molar-refractivity contribution in [2.45, 2.75) is 11.9 Å². The van der Waals surface area contributed by atoms with E-state index in [1.165, 1.54) is 7.11 Å². The summed E-state index contributed by atoms with van der Waals surface area (Å²) in [7, 11) is 1.30. The number of carbonyl (C=O) groups is 1. The molecule has 0 aromatic heterocycles. The van der Waals surface area contributed by atoms with Crippen LogP contribution in [0.2, 0.25) is 10.0 Å². The minimum Gasteiger partial charge on any atom is -0.468 e. The molecule has 6 heteroatoms. The van der Waals surface area contributed by atoms with E-state index in [-0.39, 0.29) is 0 Å². The van der Waals surface area contributed by atoms with Gasteiger partial charge in [0.2, 0.25) is 0 Å². The van der Waals surface area contributed by atoms with Crippen LogP contribution in [0.25, 0.3) is 0 Å². The molecule has 0 spiro atoms. The summed E-state index contributed by atoms with van der Waals surface area (Å²) in [6.07, 6.45) is 0. The Morgan fingerprint density at radius 3 is 2.82 bits per heavy atom. The van der Waals surface area contributed by atoms with Crippen LogP contribution in [0.4, 0.5) is 0 Å². The van der Waals surface area contributed by atoms with Crippen molar-refractivity contribution in [2.24, 2.45) is 0 Å². The highest BCUT2D eigenvalue weighted by Gasteiger charge is 2.14. The molecular formula is C11H12Cl3NO2. The zero-order chi connectivity index (χ0) is 12.8. The molecule has 0 radical (unpaired) electrons. The smallest absolute Gasteiger partial charge is 0.325 e. The predicted octanol–water partition coefficient (Wildman–Crippen LogP) is 2.86. The van der Waals surface area contributed by atoms with Gasteiger partial charge in [-0.05, 0) is 23.8 Å². The van der Waals surface area contributed by atoms with Gasteiger partial charge < -0.3 is 10.1 Å². The first kappa shape index (κ1) is 14.6. The van der Waals surface area contributed by atoms with E-state index in [9.17, 15) is 4.79 Å². The summed E-state index contributed by atoms with van der Waals surface area (Å²) < 4.78 is 4.50. The molecule has 1 rings (SSSR count). The average Bonchev–Trinajstić information content (AvgIpc) is 2.32. The fourth-order valence-corrected chi connectivity index (χ4v) is 1.80. The van der Waals surface area contributed by atoms with Crippen molar-refractivity contribution < 1.29 is 9.53 Å². The summed E-state index contributed by atoms with van der Waals surface area (Å²) in [6.45, 7) is 0.788. The summed E-state index contributed by atoms with van der Waals surface area (Å²) in [5, 5.41) is 3.53. The maximum Gasteiger partial charge on any atom is 0.325 e. The van der Waals surface area contributed by atoms with Crippen LogP contribution in [0.5, 0.6) is 0 Å². The third kappa shape index (κ3) is 4.72. The van der Waals surface area contributed by atoms with Crippen molar-refractivity contribution in [2.75, 3.05) is 13.7 Å². The highest BCUT2D eigenvalue weighted by atomic mass is 35.5. The number of hydrogen-bond donors (Lipinski definition) is 1. The Morgan fingerprint density at radius 2 is 2.18 bits per heavy atom. The lowest BCUT2D eigenvalue weighted by atomic mass is 10.2. The van der Waals surface area contributed by atoms with Crippen LogP contribution in [-0.4, -0.2) is 25.0 Å². The van der Waals surface area contributed by atoms with Gasteiger partial charge in [-0.2, -0.15) is 0 Å². The van der Waals surface area contributed by atoms with E-state index < -0.39 is 11.3 Å². The summed E-state index contributed by atoms with van der Waals surface area (Å²) in [5.74, 6) is -0.462. The molecule has 0 saturated carbocycles. The Balaban J connectivity index is 2.45. The van der Waals surface area contributed by atoms with Crippen molar-refractivity contribution >= 4 is 40.8 Å². The van der Waals surface area contributed by atoms with Crippen LogP contribution in [0.15, 0.2) is 18.2 Å². The van der Waals surface area contributed by atoms with Crippen molar-refractivity contribution in [1.29, 1.82) is 0 Å². The molecule has 0 fully saturated rings. The Kier molecular flexibility index (Phi) is 6.06. The van der Waals surface area contributed by atoms with Gasteiger partial charge in [-0.25, -0.2) is 0 Å². The average molecular weight is 297 g/mol. The highest BCUT2D eigenvalue weighted by Crippen LogP contribution is 2.20. The van der Waals surface area contributed by atoms with Crippen molar-refractivity contribution in [3.05, 3.63) is 33.8 Å². The summed E-state index contributed by atoms with van der Waals surface area (Å²) in [6, 6.07) is 5.20. The Hall–Kier alpha value is -0.480. The molecule has 1 unspecified atom stereocenters. The largest absolute Gasteiger partial charge is 0.468 e. The molecule has 0 saturated heterocycles. The Labute approximate surface area is 115 Å². The van der Waals surface area contributed by atoms with Gasteiger partial charge in [0.25, 0.3) is 0 Å². The lowest BCUT2D eigenvalue weighted by Gasteiger charge is -2.10. The summed E-state index contributed by atoms with van der Waals surface area (Å²) in [4.78, 5) is 11.0. The first-order chi connectivity index (χ1) is 8.04. The van der Waals surface area contributed by atoms with Crippen LogP contribution in [-0.2, 0) is 16.1 Å². The second-order valence-corrected chi connectivity index (χ2v) is 4.73. The maximum absolute atomic E-state index is 11.0. The number of halogens is 3. The fourth-order valence-electron chi connectivity index (χ4n) is 1.22. The number of esters is 1. The van der Waals surface area contributed by atoms with Crippen LogP contribution < -0.4 is 5.32 Å². The lowest BCUT2D eigenvalue weighted by molar-refractivity contribution is -0.140. The molecule has 0 amide bonds. The number of methoxy groups -OCH3 is 1. The molecule has 0 aliphatic heterocycles. The predicted molar refractivity (Wildman–Crippen MR) is 69.8 cm³/mol. The van der Waals surface area contributed by atoms with Gasteiger partial charge in [-0.15, -0.1) is 11.6 Å². The zero-order valence-corrected chi connectivity index (χ0v) is 11.4. The van der Waals surface area contributed by atoms with Crippen LogP contribution in [0, 0.1) is 0 Å². The van der Waals surface area contributed by atoms with Crippen molar-refractivity contribution in [1.82, 2.24) is 5.32 Å². The lowest BCUT2D eigenvalue weighted by Crippen LogP contribution is -2.29. The van der Waals surface area contributed by atoms with Crippen molar-refractivity contribution in [3.8, 4) is 0 Å². The fraction of sp³-hybridized carbons (Fsp3) is 0.364. The number of ether oxygens (including phenoxy) is 1. The van der Waals surface area contributed by atoms with E-state index in [1.54, 1.807) is 18.2 Å². The number of nitrogens with one attached hydrogen (secondary N) is 1. The number of benzene rings is 1. The highest BCUT2D eigenvalue weighted by molar-refractivity contribution is 6.33. The number of carbonyl (C=O) groups excluding carboxylic acids is 1. The second kappa shape index (κ2) is 7.07. The molecule has 3 nitrogen and oxygen atoms in total. The van der Waals surface area contributed by atoms with Gasteiger partial charge in [0.05, 0.1) is 7.11 Å². The number of alkyl halides is 1. The Bertz CT molecular complexity index is 398. The molecular weight excluding hydrogens is 284 g/mol. The van der Waals surface area contributed by atoms with E-state index in [2.05, 4.69) is 10.1 Å². The molecule has 94 valence electrons. The van der Waals surface area contributed by atoms with E-state index in [0.717, 1.165) is 5.56 Å². The summed E-state index contributed by atoms with van der Waals surface area (Å²) in [5.41, 5.74) is 0.855. The molecule has 0 aliphatic carbocycles. The molecule has 1 aromatic rings. The van der Waals surface area contributed by atoms with Gasteiger partial charge in [0.1, 0.15) is 5.38 Å². The third-order valence-electron chi connectivity index (χ3n) is 2.10. The van der Waals surface area contributed by atoms with Gasteiger partial charge in [-0.1, -0.05) is 23.2 Å². The number of rotatable bonds is 5. The molecule has 0 bridgehead atoms. The van der Waals surface area contributed by atoms with Crippen LogP contribution in [0.3, 0.4) is 0 Å². The van der Waals surface area contributed by atoms with Crippen LogP contribution >= 0.6 is 34.8 Å². The molecule has 1 N–H and O–H groups in total. The quantitative estimate of drug-likeness (QED) is 0.671. The first-order valence-corrected chi connectivity index (χ1v) is 6.10. The normalized spacial score (nSPS) is 12.2. The van der Waals surface area contributed by atoms with Gasteiger partial charge >= 0.3 is 5.97 Å². The number of hydrogen-bond acceptors (Lipinski definition) is 3. The first-order valence-electron chi connectivity index (χ1n) is 4.91. The second-order valence-electron chi connectivity index (χ2n) is 3.36. The Morgan fingerprint density at radius 1 is 1.47 bits per heavy atom. The molecule has 0 aliphatic rings. The summed E-state index contributed by atoms with van der Waals surface area (Å²) >= 11 is 17.6. The topological polar surface area (TPSA) is 38.3 Å². The minimum atomic E-state index is -0.710. The van der Waals surface area contributed by atoms with Crippen molar-refractivity contribution in [3.63, 3.8) is 0 Å². The molecule has 1 atom stereocenters. The van der Waals surface area contributed by atoms with Gasteiger partial charge in [0, 0.05) is 23.1 Å². The SMILES string of the molecule is COC(=O)C(Cl)CNCc1cc(Cl)ccc1Cl. The molecule has 1 aromatic carbocycles. The van der Waals surface area contributed by atoms with Gasteiger partial charge in [-0.3, -0.25) is 4.79 Å². The van der Waals surface area contributed by atoms with E-state index in [1.807, 2.05) is 0 Å². The van der Waals surface area contributed by atoms with Gasteiger partial charge in [0.15, 0.2) is 0 Å². The van der Waals surface area contributed by atoms with E-state index in [0.29, 0.717) is 23.1 Å². The van der Waals surface area contributed by atoms with Crippen LogP contribution in [0.1, 0.15) is 5.56 Å². The minimum absolute atomic E-state index is 0.303. The molecule has 0 heterocycles. The standard InChI is InChI=1S/C11H12Cl3NO2/c1-17-11(16)10(14)6-15-5-7-4-8(12)2-3-9(7)13/h2-4,10,15H,5-6H2,1H3. The molecule has 17 heavy (non-hydrogen) atoms. The third-order valence-corrected chi connectivity index (χ3v) is 3.04. The zero-order valence-electron chi connectivity index (χ0n) is 9.17.